The van der Waals surface area contributed by atoms with E-state index in [4.69, 9.17) is 34.3 Å². The van der Waals surface area contributed by atoms with Crippen LogP contribution in [0.2, 0.25) is 0 Å². The van der Waals surface area contributed by atoms with Crippen LogP contribution in [0.3, 0.4) is 0 Å². The smallest absolute Gasteiger partial charge is 0.382 e. The van der Waals surface area contributed by atoms with Gasteiger partial charge in [0.2, 0.25) is 5.95 Å². The van der Waals surface area contributed by atoms with Crippen LogP contribution in [0, 0.1) is 11.8 Å². The van der Waals surface area contributed by atoms with Gasteiger partial charge in [0.15, 0.2) is 35.0 Å². The number of anilines is 2. The molecule has 0 aromatic carbocycles. The molecular weight excluding hydrogens is 665 g/mol. The van der Waals surface area contributed by atoms with E-state index < -0.39 is 56.3 Å². The second kappa shape index (κ2) is 11.0. The average Bonchev–Trinajstić information content (AvgIpc) is 3.63. The van der Waals surface area contributed by atoms with Crippen LogP contribution in [0.5, 0.6) is 0 Å². The Hall–Kier alpha value is -2.61. The maximum atomic E-state index is 16.0. The molecule has 9 atom stereocenters. The number of nitrogen functional groups attached to an aromatic ring is 2. The summed E-state index contributed by atoms with van der Waals surface area (Å²) in [7, 11) is 0. The van der Waals surface area contributed by atoms with Crippen molar-refractivity contribution in [2.45, 2.75) is 37.1 Å². The number of ether oxygens (including phenoxy) is 1. The predicted molar refractivity (Wildman–Crippen MR) is 158 cm³/mol. The van der Waals surface area contributed by atoms with E-state index in [0.29, 0.717) is 6.42 Å². The number of alkyl halides is 1. The van der Waals surface area contributed by atoms with Crippen molar-refractivity contribution in [1.29, 1.82) is 0 Å². The SMILES string of the molecule is Nc1nc2c(ncn2[C@@H]2C[C@@H]3COP(=O)(S)O[C@H]4[C@H](F)[C@H](n5cnc6c(N)ncnc65)O[C@@H]4COP(=O)(S)OCC32)c(=O)[nH]1. The Morgan fingerprint density at radius 2 is 1.68 bits per heavy atom. The fraction of sp³-hybridized carbons (Fsp3) is 0.524. The Bertz CT molecular complexity index is 1910. The number of halogens is 1. The monoisotopic (exact) mass is 690 g/mol. The van der Waals surface area contributed by atoms with Gasteiger partial charge >= 0.3 is 13.6 Å². The van der Waals surface area contributed by atoms with Crippen LogP contribution in [-0.2, 0) is 32.0 Å². The third-order valence-corrected chi connectivity index (χ3v) is 11.2. The Kier molecular flexibility index (Phi) is 7.53. The summed E-state index contributed by atoms with van der Waals surface area (Å²) in [5.74, 6) is -0.735. The Morgan fingerprint density at radius 1 is 0.955 bits per heavy atom. The number of aromatic nitrogens is 8. The van der Waals surface area contributed by atoms with Crippen LogP contribution in [0.25, 0.3) is 22.3 Å². The second-order valence-electron chi connectivity index (χ2n) is 10.5. The first-order valence-corrected chi connectivity index (χ1v) is 18.5. The molecular formula is C21H25FN10O8P2S2. The van der Waals surface area contributed by atoms with Gasteiger partial charge in [0, 0.05) is 12.0 Å². The van der Waals surface area contributed by atoms with Crippen LogP contribution in [0.15, 0.2) is 23.8 Å². The predicted octanol–water partition coefficient (Wildman–Crippen LogP) is 2.06. The highest BCUT2D eigenvalue weighted by molar-refractivity contribution is 8.44. The highest BCUT2D eigenvalue weighted by Crippen LogP contribution is 2.60. The summed E-state index contributed by atoms with van der Waals surface area (Å²) in [4.78, 5) is 35.1. The molecule has 7 rings (SSSR count). The number of rotatable bonds is 2. The number of thiol groups is 2. The van der Waals surface area contributed by atoms with Gasteiger partial charge in [0.1, 0.15) is 24.1 Å². The third-order valence-electron chi connectivity index (χ3n) is 7.92. The number of nitrogens with zero attached hydrogens (tertiary/aromatic N) is 7. The molecule has 236 valence electrons. The standard InChI is InChI=1S/C21H25FN10O8P2S2/c22-12-15-11(39-20(12)32-7-27-13-16(23)25-5-26-17(13)32)4-38-41(34,43)37-3-9-8(2-36-42(35,44)40-15)1-10(9)31-6-28-14-18(31)29-21(24)30-19(14)33/h5-12,15,20H,1-4H2,(H,34,43)(H,35,44)(H2,23,25,26)(H3,24,29,30,33)/t8-,9?,10-,11-,12+,15-,20-,41?,42?/m1/s1. The summed E-state index contributed by atoms with van der Waals surface area (Å²) in [5, 5.41) is 0. The lowest BCUT2D eigenvalue weighted by atomic mass is 9.70. The van der Waals surface area contributed by atoms with E-state index in [1.165, 1.54) is 23.5 Å². The number of hydrogen-bond donors (Lipinski definition) is 5. The van der Waals surface area contributed by atoms with Crippen molar-refractivity contribution in [2.24, 2.45) is 11.8 Å². The van der Waals surface area contributed by atoms with Crippen LogP contribution in [-0.4, -0.2) is 77.2 Å². The topological polar surface area (TPSA) is 239 Å². The number of aromatic amines is 1. The van der Waals surface area contributed by atoms with Crippen molar-refractivity contribution in [3.8, 4) is 0 Å². The average molecular weight is 691 g/mol. The van der Waals surface area contributed by atoms with E-state index in [-0.39, 0.29) is 59.3 Å². The maximum absolute atomic E-state index is 16.0. The molecule has 6 heterocycles. The number of imidazole rings is 2. The summed E-state index contributed by atoms with van der Waals surface area (Å²) in [6, 6.07) is -0.345. The molecule has 23 heteroatoms. The molecule has 2 aliphatic heterocycles. The van der Waals surface area contributed by atoms with Gasteiger partial charge in [0.05, 0.1) is 32.5 Å². The molecule has 3 fully saturated rings. The molecule has 0 bridgehead atoms. The van der Waals surface area contributed by atoms with Crippen molar-refractivity contribution in [2.75, 3.05) is 31.3 Å². The zero-order chi connectivity index (χ0) is 31.0. The number of nitrogens with two attached hydrogens (primary N) is 2. The summed E-state index contributed by atoms with van der Waals surface area (Å²) in [6.45, 7) is -9.02. The van der Waals surface area contributed by atoms with Crippen molar-refractivity contribution < 1.29 is 36.4 Å². The number of H-pyrrole nitrogens is 1. The molecule has 4 aromatic heterocycles. The fourth-order valence-electron chi connectivity index (χ4n) is 5.72. The molecule has 18 nitrogen and oxygen atoms in total. The molecule has 3 unspecified atom stereocenters. The molecule has 0 radical (unpaired) electrons. The lowest BCUT2D eigenvalue weighted by Gasteiger charge is -2.45. The van der Waals surface area contributed by atoms with Crippen LogP contribution in [0.1, 0.15) is 18.7 Å². The first-order chi connectivity index (χ1) is 20.9. The molecule has 3 aliphatic rings. The first kappa shape index (κ1) is 30.1. The highest BCUT2D eigenvalue weighted by atomic mass is 32.7. The minimum Gasteiger partial charge on any atom is -0.382 e. The Morgan fingerprint density at radius 3 is 2.50 bits per heavy atom. The van der Waals surface area contributed by atoms with Crippen LogP contribution < -0.4 is 17.0 Å². The normalized spacial score (nSPS) is 36.6. The van der Waals surface area contributed by atoms with Crippen LogP contribution >= 0.6 is 38.1 Å². The lowest BCUT2D eigenvalue weighted by molar-refractivity contribution is -0.0408. The molecule has 4 aromatic rings. The van der Waals surface area contributed by atoms with Crippen LogP contribution in [0.4, 0.5) is 16.2 Å². The molecule has 1 aliphatic carbocycles. The Balaban J connectivity index is 1.14. The maximum Gasteiger partial charge on any atom is 0.386 e. The van der Waals surface area contributed by atoms with Gasteiger partial charge < -0.3 is 29.8 Å². The van der Waals surface area contributed by atoms with Gasteiger partial charge in [-0.25, -0.2) is 33.5 Å². The van der Waals surface area contributed by atoms with E-state index in [9.17, 15) is 13.9 Å². The molecule has 5 N–H and O–H groups in total. The quantitative estimate of drug-likeness (QED) is 0.149. The molecule has 1 saturated carbocycles. The van der Waals surface area contributed by atoms with Crippen molar-refractivity contribution in [3.63, 3.8) is 0 Å². The van der Waals surface area contributed by atoms with Gasteiger partial charge in [0.25, 0.3) is 5.56 Å². The highest BCUT2D eigenvalue weighted by Gasteiger charge is 2.52. The molecule has 44 heavy (non-hydrogen) atoms. The molecule has 2 saturated heterocycles. The van der Waals surface area contributed by atoms with E-state index in [1.807, 2.05) is 0 Å². The zero-order valence-corrected chi connectivity index (χ0v) is 25.9. The van der Waals surface area contributed by atoms with Crippen molar-refractivity contribution >= 4 is 72.2 Å². The van der Waals surface area contributed by atoms with E-state index >= 15 is 4.39 Å². The van der Waals surface area contributed by atoms with E-state index in [0.717, 1.165) is 0 Å². The van der Waals surface area contributed by atoms with Gasteiger partial charge in [-0.2, -0.15) is 4.98 Å². The van der Waals surface area contributed by atoms with Crippen molar-refractivity contribution in [1.82, 2.24) is 39.0 Å². The van der Waals surface area contributed by atoms with Gasteiger partial charge in [-0.15, -0.1) is 0 Å². The van der Waals surface area contributed by atoms with Gasteiger partial charge in [-0.3, -0.25) is 23.4 Å². The Labute approximate surface area is 256 Å². The third kappa shape index (κ3) is 5.33. The minimum atomic E-state index is -4.19. The molecule has 0 spiro atoms. The first-order valence-electron chi connectivity index (χ1n) is 13.1. The van der Waals surface area contributed by atoms with E-state index in [1.54, 1.807) is 4.57 Å². The summed E-state index contributed by atoms with van der Waals surface area (Å²) < 4.78 is 73.8. The summed E-state index contributed by atoms with van der Waals surface area (Å²) in [5.41, 5.74) is 11.8. The lowest BCUT2D eigenvalue weighted by Crippen LogP contribution is -2.43. The summed E-state index contributed by atoms with van der Waals surface area (Å²) >= 11 is 8.20. The molecule has 0 amide bonds. The minimum absolute atomic E-state index is 0.0810. The number of nitrogens with one attached hydrogen (secondary N) is 1. The number of hydrogen-bond acceptors (Lipinski definition) is 15. The largest absolute Gasteiger partial charge is 0.386 e. The van der Waals surface area contributed by atoms with E-state index in [2.05, 4.69) is 54.4 Å². The van der Waals surface area contributed by atoms with Gasteiger partial charge in [-0.1, -0.05) is 24.5 Å². The number of fused-ring (bicyclic) bond motifs is 4. The van der Waals surface area contributed by atoms with Crippen molar-refractivity contribution in [3.05, 3.63) is 29.3 Å². The summed E-state index contributed by atoms with van der Waals surface area (Å²) in [6.07, 6.45) is -1.78. The fourth-order valence-corrected chi connectivity index (χ4v) is 8.41. The van der Waals surface area contributed by atoms with Gasteiger partial charge in [-0.05, 0) is 12.3 Å². The zero-order valence-electron chi connectivity index (χ0n) is 22.3. The second-order valence-corrected chi connectivity index (χ2v) is 16.3.